The van der Waals surface area contributed by atoms with E-state index in [9.17, 15) is 9.18 Å². The zero-order valence-electron chi connectivity index (χ0n) is 14.9. The molecule has 0 aliphatic rings. The van der Waals surface area contributed by atoms with Gasteiger partial charge in [0.05, 0.1) is 12.0 Å². The van der Waals surface area contributed by atoms with Gasteiger partial charge in [0.25, 0.3) is 0 Å². The highest BCUT2D eigenvalue weighted by molar-refractivity contribution is 7.99. The van der Waals surface area contributed by atoms with Gasteiger partial charge in [-0.1, -0.05) is 23.4 Å². The Morgan fingerprint density at radius 3 is 2.55 bits per heavy atom. The standard InChI is InChI=1S/C20H14ClFN4O2S/c21-13-3-9-16(10-4-13)26-19(17-2-1-11-28-17)24-25-20(26)29-12-18(27)23-15-7-5-14(22)6-8-15/h1-11H,12H2,(H,23,27). The molecule has 0 radical (unpaired) electrons. The maximum Gasteiger partial charge on any atom is 0.234 e. The van der Waals surface area contributed by atoms with Crippen LogP contribution in [-0.4, -0.2) is 26.4 Å². The number of thioether (sulfide) groups is 1. The summed E-state index contributed by atoms with van der Waals surface area (Å²) in [6.07, 6.45) is 1.55. The van der Waals surface area contributed by atoms with E-state index < -0.39 is 0 Å². The number of carbonyl (C=O) groups is 1. The predicted molar refractivity (Wildman–Crippen MR) is 110 cm³/mol. The first-order valence-corrected chi connectivity index (χ1v) is 9.90. The van der Waals surface area contributed by atoms with Crippen molar-refractivity contribution in [2.45, 2.75) is 5.16 Å². The monoisotopic (exact) mass is 428 g/mol. The van der Waals surface area contributed by atoms with E-state index in [1.165, 1.54) is 36.0 Å². The van der Waals surface area contributed by atoms with E-state index in [2.05, 4.69) is 15.5 Å². The molecular weight excluding hydrogens is 415 g/mol. The van der Waals surface area contributed by atoms with E-state index in [1.54, 1.807) is 35.1 Å². The lowest BCUT2D eigenvalue weighted by molar-refractivity contribution is -0.113. The molecule has 0 saturated carbocycles. The van der Waals surface area contributed by atoms with Crippen LogP contribution in [0.5, 0.6) is 0 Å². The second kappa shape index (κ2) is 8.50. The van der Waals surface area contributed by atoms with Crippen molar-refractivity contribution in [3.05, 3.63) is 77.8 Å². The zero-order chi connectivity index (χ0) is 20.2. The minimum atomic E-state index is -0.362. The second-order valence-electron chi connectivity index (χ2n) is 5.94. The number of halogens is 2. The molecule has 0 aliphatic carbocycles. The summed E-state index contributed by atoms with van der Waals surface area (Å²) < 4.78 is 20.3. The Balaban J connectivity index is 1.56. The summed E-state index contributed by atoms with van der Waals surface area (Å²) in [7, 11) is 0. The van der Waals surface area contributed by atoms with E-state index in [4.69, 9.17) is 16.0 Å². The van der Waals surface area contributed by atoms with Gasteiger partial charge in [-0.05, 0) is 60.7 Å². The molecular formula is C20H14ClFN4O2S. The third-order valence-electron chi connectivity index (χ3n) is 3.92. The van der Waals surface area contributed by atoms with E-state index in [1.807, 2.05) is 12.1 Å². The summed E-state index contributed by atoms with van der Waals surface area (Å²) in [6, 6.07) is 16.3. The van der Waals surface area contributed by atoms with Crippen LogP contribution in [0.2, 0.25) is 5.02 Å². The molecule has 6 nitrogen and oxygen atoms in total. The summed E-state index contributed by atoms with van der Waals surface area (Å²) in [4.78, 5) is 12.3. The Bertz CT molecular complexity index is 1110. The Labute approximate surface area is 174 Å². The van der Waals surface area contributed by atoms with Gasteiger partial charge in [-0.3, -0.25) is 9.36 Å². The molecule has 4 rings (SSSR count). The number of nitrogens with zero attached hydrogens (tertiary/aromatic N) is 3. The molecule has 9 heteroatoms. The number of amides is 1. The molecule has 0 saturated heterocycles. The molecule has 0 atom stereocenters. The minimum Gasteiger partial charge on any atom is -0.461 e. The molecule has 0 spiro atoms. The SMILES string of the molecule is O=C(CSc1nnc(-c2ccco2)n1-c1ccc(Cl)cc1)Nc1ccc(F)cc1. The van der Waals surface area contributed by atoms with Gasteiger partial charge in [0.15, 0.2) is 10.9 Å². The molecule has 29 heavy (non-hydrogen) atoms. The lowest BCUT2D eigenvalue weighted by Gasteiger charge is -2.09. The highest BCUT2D eigenvalue weighted by Crippen LogP contribution is 2.29. The number of hydrogen-bond acceptors (Lipinski definition) is 5. The number of carbonyl (C=O) groups excluding carboxylic acids is 1. The van der Waals surface area contributed by atoms with Gasteiger partial charge in [-0.2, -0.15) is 0 Å². The molecule has 0 unspecified atom stereocenters. The lowest BCUT2D eigenvalue weighted by atomic mass is 10.3. The van der Waals surface area contributed by atoms with Crippen LogP contribution < -0.4 is 5.32 Å². The van der Waals surface area contributed by atoms with Crippen LogP contribution >= 0.6 is 23.4 Å². The summed E-state index contributed by atoms with van der Waals surface area (Å²) in [6.45, 7) is 0. The fourth-order valence-corrected chi connectivity index (χ4v) is 3.49. The second-order valence-corrected chi connectivity index (χ2v) is 7.32. The van der Waals surface area contributed by atoms with Crippen LogP contribution in [-0.2, 0) is 4.79 Å². The first-order valence-electron chi connectivity index (χ1n) is 8.53. The van der Waals surface area contributed by atoms with Gasteiger partial charge in [-0.15, -0.1) is 10.2 Å². The normalized spacial score (nSPS) is 10.8. The zero-order valence-corrected chi connectivity index (χ0v) is 16.5. The Morgan fingerprint density at radius 1 is 1.10 bits per heavy atom. The van der Waals surface area contributed by atoms with Gasteiger partial charge in [0, 0.05) is 16.4 Å². The minimum absolute atomic E-state index is 0.0985. The quantitative estimate of drug-likeness (QED) is 0.435. The Morgan fingerprint density at radius 2 is 1.86 bits per heavy atom. The van der Waals surface area contributed by atoms with Crippen molar-refractivity contribution in [2.24, 2.45) is 0 Å². The summed E-state index contributed by atoms with van der Waals surface area (Å²) in [5, 5.41) is 12.3. The lowest BCUT2D eigenvalue weighted by Crippen LogP contribution is -2.14. The summed E-state index contributed by atoms with van der Waals surface area (Å²) in [5.41, 5.74) is 1.31. The third-order valence-corrected chi connectivity index (χ3v) is 5.10. The van der Waals surface area contributed by atoms with Crippen molar-refractivity contribution in [1.29, 1.82) is 0 Å². The van der Waals surface area contributed by atoms with Crippen LogP contribution in [0.25, 0.3) is 17.3 Å². The first-order chi connectivity index (χ1) is 14.1. The molecule has 1 N–H and O–H groups in total. The molecule has 0 bridgehead atoms. The summed E-state index contributed by atoms with van der Waals surface area (Å²) >= 11 is 7.22. The fraction of sp³-hybridized carbons (Fsp3) is 0.0500. The number of aromatic nitrogens is 3. The maximum atomic E-state index is 13.0. The van der Waals surface area contributed by atoms with Crippen LogP contribution in [0.4, 0.5) is 10.1 Å². The molecule has 2 aromatic carbocycles. The van der Waals surface area contributed by atoms with Crippen LogP contribution in [0.15, 0.2) is 76.5 Å². The van der Waals surface area contributed by atoms with Gasteiger partial charge in [0.2, 0.25) is 11.7 Å². The first kappa shape index (κ1) is 19.2. The molecule has 1 amide bonds. The smallest absolute Gasteiger partial charge is 0.234 e. The maximum absolute atomic E-state index is 13.0. The predicted octanol–water partition coefficient (Wildman–Crippen LogP) is 5.05. The van der Waals surface area contributed by atoms with Crippen LogP contribution in [0.1, 0.15) is 0 Å². The van der Waals surface area contributed by atoms with Crippen molar-refractivity contribution in [2.75, 3.05) is 11.1 Å². The average molecular weight is 429 g/mol. The van der Waals surface area contributed by atoms with E-state index in [-0.39, 0.29) is 17.5 Å². The van der Waals surface area contributed by atoms with Crippen molar-refractivity contribution in [1.82, 2.24) is 14.8 Å². The molecule has 2 aromatic heterocycles. The van der Waals surface area contributed by atoms with Crippen molar-refractivity contribution >= 4 is 35.0 Å². The Hall–Kier alpha value is -3.10. The number of anilines is 1. The van der Waals surface area contributed by atoms with E-state index in [0.717, 1.165) is 5.69 Å². The van der Waals surface area contributed by atoms with Gasteiger partial charge < -0.3 is 9.73 Å². The van der Waals surface area contributed by atoms with Gasteiger partial charge >= 0.3 is 0 Å². The van der Waals surface area contributed by atoms with Crippen molar-refractivity contribution in [3.63, 3.8) is 0 Å². The molecule has 0 fully saturated rings. The average Bonchev–Trinajstić information content (AvgIpc) is 3.38. The number of rotatable bonds is 6. The molecule has 0 aliphatic heterocycles. The molecule has 146 valence electrons. The number of nitrogens with one attached hydrogen (secondary N) is 1. The molecule has 4 aromatic rings. The molecule has 2 heterocycles. The number of furan rings is 1. The largest absolute Gasteiger partial charge is 0.461 e. The van der Waals surface area contributed by atoms with E-state index >= 15 is 0 Å². The Kier molecular flexibility index (Phi) is 5.64. The number of hydrogen-bond donors (Lipinski definition) is 1. The third kappa shape index (κ3) is 4.49. The van der Waals surface area contributed by atoms with Crippen molar-refractivity contribution in [3.8, 4) is 17.3 Å². The number of benzene rings is 2. The van der Waals surface area contributed by atoms with Crippen LogP contribution in [0, 0.1) is 5.82 Å². The highest BCUT2D eigenvalue weighted by Gasteiger charge is 2.19. The van der Waals surface area contributed by atoms with Crippen LogP contribution in [0.3, 0.4) is 0 Å². The van der Waals surface area contributed by atoms with Gasteiger partial charge in [-0.25, -0.2) is 4.39 Å². The highest BCUT2D eigenvalue weighted by atomic mass is 35.5. The fourth-order valence-electron chi connectivity index (χ4n) is 2.61. The van der Waals surface area contributed by atoms with Gasteiger partial charge in [0.1, 0.15) is 5.82 Å². The van der Waals surface area contributed by atoms with Crippen molar-refractivity contribution < 1.29 is 13.6 Å². The van der Waals surface area contributed by atoms with E-state index in [0.29, 0.717) is 27.5 Å². The topological polar surface area (TPSA) is 73.0 Å². The summed E-state index contributed by atoms with van der Waals surface area (Å²) in [5.74, 6) is 0.556.